The number of benzene rings is 1. The van der Waals surface area contributed by atoms with Crippen LogP contribution in [0.1, 0.15) is 15.9 Å². The molecule has 1 saturated heterocycles. The zero-order valence-corrected chi connectivity index (χ0v) is 11.1. The van der Waals surface area contributed by atoms with E-state index in [9.17, 15) is 18.0 Å². The van der Waals surface area contributed by atoms with Crippen LogP contribution in [0.15, 0.2) is 24.3 Å². The summed E-state index contributed by atoms with van der Waals surface area (Å²) in [4.78, 5) is 14.0. The quantitative estimate of drug-likeness (QED) is 0.897. The maximum Gasteiger partial charge on any atom is 0.416 e. The summed E-state index contributed by atoms with van der Waals surface area (Å²) in [6, 6.07) is 4.21. The van der Waals surface area contributed by atoms with Gasteiger partial charge in [-0.2, -0.15) is 13.2 Å². The lowest BCUT2D eigenvalue weighted by molar-refractivity contribution is -0.137. The minimum atomic E-state index is -4.38. The van der Waals surface area contributed by atoms with E-state index in [1.807, 2.05) is 7.05 Å². The number of nitrogens with zero attached hydrogens (tertiary/aromatic N) is 2. The van der Waals surface area contributed by atoms with Crippen LogP contribution < -0.4 is 5.43 Å². The number of piperazine rings is 1. The molecule has 0 saturated carbocycles. The SMILES string of the molecule is CN1CCN(NC(=O)c2ccc(C(F)(F)F)cc2)CC1. The Balaban J connectivity index is 1.96. The lowest BCUT2D eigenvalue weighted by atomic mass is 10.1. The molecule has 0 radical (unpaired) electrons. The van der Waals surface area contributed by atoms with E-state index >= 15 is 0 Å². The van der Waals surface area contributed by atoms with Crippen molar-refractivity contribution in [2.45, 2.75) is 6.18 Å². The zero-order valence-electron chi connectivity index (χ0n) is 11.1. The molecule has 1 amide bonds. The second-order valence-electron chi connectivity index (χ2n) is 4.81. The predicted octanol–water partition coefficient (Wildman–Crippen LogP) is 1.60. The van der Waals surface area contributed by atoms with Gasteiger partial charge in [0.2, 0.25) is 0 Å². The van der Waals surface area contributed by atoms with Crippen LogP contribution in [-0.4, -0.2) is 49.0 Å². The number of hydrogen-bond acceptors (Lipinski definition) is 3. The van der Waals surface area contributed by atoms with Crippen LogP contribution in [0.4, 0.5) is 13.2 Å². The lowest BCUT2D eigenvalue weighted by Gasteiger charge is -2.32. The molecule has 1 N–H and O–H groups in total. The second-order valence-corrected chi connectivity index (χ2v) is 4.81. The van der Waals surface area contributed by atoms with Crippen LogP contribution in [0, 0.1) is 0 Å². The van der Waals surface area contributed by atoms with Crippen molar-refractivity contribution in [1.82, 2.24) is 15.3 Å². The van der Waals surface area contributed by atoms with Crippen molar-refractivity contribution in [2.24, 2.45) is 0 Å². The number of carbonyl (C=O) groups is 1. The summed E-state index contributed by atoms with van der Waals surface area (Å²) in [5.41, 5.74) is 2.16. The summed E-state index contributed by atoms with van der Waals surface area (Å²) < 4.78 is 37.2. The van der Waals surface area contributed by atoms with Gasteiger partial charge in [-0.25, -0.2) is 5.01 Å². The third-order valence-electron chi connectivity index (χ3n) is 3.24. The molecule has 0 spiro atoms. The number of carbonyl (C=O) groups excluding carboxylic acids is 1. The summed E-state index contributed by atoms with van der Waals surface area (Å²) in [7, 11) is 2.00. The summed E-state index contributed by atoms with van der Waals surface area (Å²) in [5.74, 6) is -0.386. The molecule has 1 aliphatic heterocycles. The second kappa shape index (κ2) is 5.80. The van der Waals surface area contributed by atoms with E-state index in [2.05, 4.69) is 10.3 Å². The average molecular weight is 287 g/mol. The summed E-state index contributed by atoms with van der Waals surface area (Å²) >= 11 is 0. The Labute approximate surface area is 115 Å². The van der Waals surface area contributed by atoms with Gasteiger partial charge in [-0.05, 0) is 31.3 Å². The molecule has 0 atom stereocenters. The normalized spacial score (nSPS) is 18.0. The van der Waals surface area contributed by atoms with Crippen LogP contribution >= 0.6 is 0 Å². The molecule has 20 heavy (non-hydrogen) atoms. The van der Waals surface area contributed by atoms with Crippen LogP contribution in [-0.2, 0) is 6.18 Å². The van der Waals surface area contributed by atoms with Gasteiger partial charge in [-0.15, -0.1) is 0 Å². The molecule has 1 aromatic rings. The van der Waals surface area contributed by atoms with Gasteiger partial charge in [-0.1, -0.05) is 0 Å². The van der Waals surface area contributed by atoms with Crippen molar-refractivity contribution in [2.75, 3.05) is 33.2 Å². The first-order valence-corrected chi connectivity index (χ1v) is 6.28. The molecular weight excluding hydrogens is 271 g/mol. The van der Waals surface area contributed by atoms with E-state index in [0.717, 1.165) is 25.2 Å². The largest absolute Gasteiger partial charge is 0.416 e. The van der Waals surface area contributed by atoms with E-state index in [1.54, 1.807) is 5.01 Å². The van der Waals surface area contributed by atoms with E-state index in [0.29, 0.717) is 13.1 Å². The number of nitrogens with one attached hydrogen (secondary N) is 1. The van der Waals surface area contributed by atoms with Gasteiger partial charge in [0.25, 0.3) is 5.91 Å². The fourth-order valence-electron chi connectivity index (χ4n) is 1.94. The number of alkyl halides is 3. The number of rotatable bonds is 2. The van der Waals surface area contributed by atoms with Gasteiger partial charge in [-0.3, -0.25) is 10.2 Å². The third-order valence-corrected chi connectivity index (χ3v) is 3.24. The van der Waals surface area contributed by atoms with Gasteiger partial charge in [0.15, 0.2) is 0 Å². The molecule has 1 heterocycles. The standard InChI is InChI=1S/C13H16F3N3O/c1-18-6-8-19(9-7-18)17-12(20)10-2-4-11(5-3-10)13(14,15)16/h2-5H,6-9H2,1H3,(H,17,20). The third kappa shape index (κ3) is 3.71. The average Bonchev–Trinajstić information content (AvgIpc) is 2.40. The number of hydrazine groups is 1. The van der Waals surface area contributed by atoms with Crippen molar-refractivity contribution in [3.05, 3.63) is 35.4 Å². The molecule has 4 nitrogen and oxygen atoms in total. The molecule has 110 valence electrons. The molecule has 7 heteroatoms. The zero-order chi connectivity index (χ0) is 14.8. The minimum Gasteiger partial charge on any atom is -0.304 e. The van der Waals surface area contributed by atoms with Crippen molar-refractivity contribution in [3.63, 3.8) is 0 Å². The first-order valence-electron chi connectivity index (χ1n) is 6.28. The van der Waals surface area contributed by atoms with Crippen LogP contribution in [0.5, 0.6) is 0 Å². The van der Waals surface area contributed by atoms with Crippen LogP contribution in [0.25, 0.3) is 0 Å². The Hall–Kier alpha value is -1.60. The Morgan fingerprint density at radius 3 is 2.15 bits per heavy atom. The van der Waals surface area contributed by atoms with Gasteiger partial charge in [0.1, 0.15) is 0 Å². The van der Waals surface area contributed by atoms with Crippen molar-refractivity contribution < 1.29 is 18.0 Å². The van der Waals surface area contributed by atoms with Crippen molar-refractivity contribution in [1.29, 1.82) is 0 Å². The molecule has 0 aliphatic carbocycles. The molecule has 0 aromatic heterocycles. The topological polar surface area (TPSA) is 35.6 Å². The van der Waals surface area contributed by atoms with Gasteiger partial charge < -0.3 is 4.90 Å². The predicted molar refractivity (Wildman–Crippen MR) is 68.0 cm³/mol. The Bertz CT molecular complexity index is 465. The molecule has 2 rings (SSSR count). The van der Waals surface area contributed by atoms with Crippen LogP contribution in [0.3, 0.4) is 0 Å². The number of halogens is 3. The molecule has 1 aromatic carbocycles. The molecular formula is C13H16F3N3O. The highest BCUT2D eigenvalue weighted by Gasteiger charge is 2.30. The highest BCUT2D eigenvalue weighted by atomic mass is 19.4. The molecule has 0 unspecified atom stereocenters. The fourth-order valence-corrected chi connectivity index (χ4v) is 1.94. The number of likely N-dealkylation sites (N-methyl/N-ethyl adjacent to an activating group) is 1. The fraction of sp³-hybridized carbons (Fsp3) is 0.462. The van der Waals surface area contributed by atoms with E-state index < -0.39 is 11.7 Å². The lowest BCUT2D eigenvalue weighted by Crippen LogP contribution is -2.52. The molecule has 1 fully saturated rings. The first-order chi connectivity index (χ1) is 9.36. The van der Waals surface area contributed by atoms with Gasteiger partial charge in [0.05, 0.1) is 5.56 Å². The number of amides is 1. The maximum atomic E-state index is 12.4. The van der Waals surface area contributed by atoms with Gasteiger partial charge >= 0.3 is 6.18 Å². The summed E-state index contributed by atoms with van der Waals surface area (Å²) in [6.07, 6.45) is -4.38. The van der Waals surface area contributed by atoms with E-state index in [1.165, 1.54) is 12.1 Å². The van der Waals surface area contributed by atoms with E-state index in [-0.39, 0.29) is 11.5 Å². The van der Waals surface area contributed by atoms with Crippen molar-refractivity contribution in [3.8, 4) is 0 Å². The smallest absolute Gasteiger partial charge is 0.304 e. The Kier molecular flexibility index (Phi) is 4.29. The Morgan fingerprint density at radius 2 is 1.65 bits per heavy atom. The summed E-state index contributed by atoms with van der Waals surface area (Å²) in [6.45, 7) is 3.08. The highest BCUT2D eigenvalue weighted by molar-refractivity contribution is 5.93. The number of hydrogen-bond donors (Lipinski definition) is 1. The van der Waals surface area contributed by atoms with E-state index in [4.69, 9.17) is 0 Å². The monoisotopic (exact) mass is 287 g/mol. The highest BCUT2D eigenvalue weighted by Crippen LogP contribution is 2.29. The molecule has 0 bridgehead atoms. The molecule has 1 aliphatic rings. The van der Waals surface area contributed by atoms with Crippen molar-refractivity contribution >= 4 is 5.91 Å². The maximum absolute atomic E-state index is 12.4. The Morgan fingerprint density at radius 1 is 1.10 bits per heavy atom. The minimum absolute atomic E-state index is 0.219. The summed E-state index contributed by atoms with van der Waals surface area (Å²) in [5, 5.41) is 1.78. The van der Waals surface area contributed by atoms with Gasteiger partial charge in [0, 0.05) is 31.7 Å². The van der Waals surface area contributed by atoms with Crippen LogP contribution in [0.2, 0.25) is 0 Å². The first kappa shape index (κ1) is 14.8.